The minimum Gasteiger partial charge on any atom is -0.497 e. The first-order valence-electron chi connectivity index (χ1n) is 13.0. The van der Waals surface area contributed by atoms with Gasteiger partial charge in [0.25, 0.3) is 5.69 Å². The van der Waals surface area contributed by atoms with Crippen LogP contribution >= 0.6 is 0 Å². The Bertz CT molecular complexity index is 1410. The summed E-state index contributed by atoms with van der Waals surface area (Å²) in [6, 6.07) is 13.6. The zero-order valence-electron chi connectivity index (χ0n) is 21.2. The van der Waals surface area contributed by atoms with Gasteiger partial charge < -0.3 is 14.4 Å². The van der Waals surface area contributed by atoms with Gasteiger partial charge in [-0.15, -0.1) is 6.58 Å². The second-order valence-corrected chi connectivity index (χ2v) is 10.3. The zero-order chi connectivity index (χ0) is 26.4. The number of anilines is 1. The van der Waals surface area contributed by atoms with Gasteiger partial charge in [-0.25, -0.2) is 4.79 Å². The lowest BCUT2D eigenvalue weighted by molar-refractivity contribution is -0.384. The number of carbonyl (C=O) groups is 1. The molecule has 3 aromatic rings. The minimum atomic E-state index is -0.485. The topological polar surface area (TPSA) is 97.8 Å². The molecule has 196 valence electrons. The molecule has 0 radical (unpaired) electrons. The Balaban J connectivity index is 1.32. The Morgan fingerprint density at radius 2 is 2.11 bits per heavy atom. The van der Waals surface area contributed by atoms with Gasteiger partial charge in [-0.05, 0) is 61.6 Å². The average Bonchev–Trinajstić information content (AvgIpc) is 3.77. The molecule has 2 bridgehead atoms. The monoisotopic (exact) mass is 514 g/mol. The Kier molecular flexibility index (Phi) is 6.23. The number of non-ortho nitro benzene ring substituents is 1. The van der Waals surface area contributed by atoms with Gasteiger partial charge in [0.05, 0.1) is 30.1 Å². The Morgan fingerprint density at radius 1 is 1.24 bits per heavy atom. The van der Waals surface area contributed by atoms with E-state index in [-0.39, 0.29) is 17.7 Å². The molecular formula is C29H30N4O5. The van der Waals surface area contributed by atoms with Crippen molar-refractivity contribution in [1.29, 1.82) is 0 Å². The van der Waals surface area contributed by atoms with Crippen LogP contribution in [0.5, 0.6) is 5.75 Å². The van der Waals surface area contributed by atoms with Gasteiger partial charge in [0.15, 0.2) is 0 Å². The van der Waals surface area contributed by atoms with E-state index in [2.05, 4.69) is 22.5 Å². The average molecular weight is 515 g/mol. The van der Waals surface area contributed by atoms with Crippen molar-refractivity contribution in [2.45, 2.75) is 31.0 Å². The molecular weight excluding hydrogens is 484 g/mol. The summed E-state index contributed by atoms with van der Waals surface area (Å²) in [6.45, 7) is 6.38. The third-order valence-electron chi connectivity index (χ3n) is 8.29. The van der Waals surface area contributed by atoms with Crippen LogP contribution < -0.4 is 9.64 Å². The number of aromatic nitrogens is 1. The maximum Gasteiger partial charge on any atom is 0.331 e. The van der Waals surface area contributed by atoms with E-state index < -0.39 is 17.1 Å². The molecule has 4 fully saturated rings. The van der Waals surface area contributed by atoms with Crippen LogP contribution in [0.25, 0.3) is 10.9 Å². The molecule has 5 heterocycles. The van der Waals surface area contributed by atoms with E-state index in [0.717, 1.165) is 42.4 Å². The smallest absolute Gasteiger partial charge is 0.331 e. The van der Waals surface area contributed by atoms with Gasteiger partial charge in [0.2, 0.25) is 0 Å². The fourth-order valence-electron chi connectivity index (χ4n) is 6.18. The quantitative estimate of drug-likeness (QED) is 0.142. The van der Waals surface area contributed by atoms with E-state index in [4.69, 9.17) is 9.47 Å². The largest absolute Gasteiger partial charge is 0.497 e. The summed E-state index contributed by atoms with van der Waals surface area (Å²) in [6.07, 6.45) is 5.37. The van der Waals surface area contributed by atoms with E-state index in [9.17, 15) is 14.9 Å². The van der Waals surface area contributed by atoms with Crippen LogP contribution in [0.4, 0.5) is 11.4 Å². The Labute approximate surface area is 220 Å². The molecule has 7 rings (SSSR count). The molecule has 0 spiro atoms. The van der Waals surface area contributed by atoms with Crippen molar-refractivity contribution in [3.63, 3.8) is 0 Å². The highest BCUT2D eigenvalue weighted by molar-refractivity contribution is 5.88. The Morgan fingerprint density at radius 3 is 2.84 bits per heavy atom. The van der Waals surface area contributed by atoms with Crippen molar-refractivity contribution in [2.75, 3.05) is 31.6 Å². The molecule has 0 N–H and O–H groups in total. The number of piperidine rings is 3. The van der Waals surface area contributed by atoms with E-state index in [1.165, 1.54) is 12.1 Å². The van der Waals surface area contributed by atoms with Crippen molar-refractivity contribution in [2.24, 2.45) is 11.8 Å². The summed E-state index contributed by atoms with van der Waals surface area (Å²) in [5, 5.41) is 12.1. The zero-order valence-corrected chi connectivity index (χ0v) is 21.2. The van der Waals surface area contributed by atoms with Gasteiger partial charge in [-0.3, -0.25) is 20.0 Å². The first-order chi connectivity index (χ1) is 18.5. The molecule has 4 saturated heterocycles. The van der Waals surface area contributed by atoms with E-state index >= 15 is 0 Å². The third kappa shape index (κ3) is 4.36. The van der Waals surface area contributed by atoms with Crippen molar-refractivity contribution in [1.82, 2.24) is 9.88 Å². The van der Waals surface area contributed by atoms with Crippen LogP contribution in [-0.4, -0.2) is 59.6 Å². The molecule has 4 aliphatic heterocycles. The first-order valence-corrected chi connectivity index (χ1v) is 13.0. The van der Waals surface area contributed by atoms with Crippen molar-refractivity contribution >= 4 is 28.2 Å². The lowest BCUT2D eigenvalue weighted by Gasteiger charge is -2.51. The van der Waals surface area contributed by atoms with Gasteiger partial charge in [0.1, 0.15) is 17.9 Å². The standard InChI is InChI=1S/C29H30N4O5/c1-3-18-16-31-12-10-19(18)13-26(31)28(23-9-11-30-25-8-7-22(37-2)15-24(23)25)38-29(34)27-17-32(27)20-5-4-6-21(14-20)33(35)36/h3-9,11,14-15,18-19,26-28H,1,10,12-13,16-17H2,2H3/t18?,19-,26-,27+,28+,32?/m0/s1. The number of nitro benzene ring substituents is 1. The van der Waals surface area contributed by atoms with Crippen molar-refractivity contribution in [3.8, 4) is 5.75 Å². The van der Waals surface area contributed by atoms with Crippen LogP contribution in [0.2, 0.25) is 0 Å². The van der Waals surface area contributed by atoms with E-state index in [1.54, 1.807) is 25.4 Å². The molecule has 1 aromatic heterocycles. The number of pyridine rings is 1. The molecule has 0 amide bonds. The number of nitrogens with zero attached hydrogens (tertiary/aromatic N) is 4. The van der Waals surface area contributed by atoms with Crippen LogP contribution in [0.1, 0.15) is 24.5 Å². The summed E-state index contributed by atoms with van der Waals surface area (Å²) in [7, 11) is 1.63. The summed E-state index contributed by atoms with van der Waals surface area (Å²) in [4.78, 5) is 33.1. The third-order valence-corrected chi connectivity index (χ3v) is 8.29. The number of ether oxygens (including phenoxy) is 2. The maximum absolute atomic E-state index is 13.5. The normalized spacial score (nSPS) is 26.6. The van der Waals surface area contributed by atoms with E-state index in [1.807, 2.05) is 29.2 Å². The van der Waals surface area contributed by atoms with Crippen LogP contribution in [0.15, 0.2) is 67.4 Å². The molecule has 2 aromatic carbocycles. The predicted octanol–water partition coefficient (Wildman–Crippen LogP) is 4.52. The SMILES string of the molecule is C=CC1CN2CC[C@H]1C[C@H]2[C@H](OC(=O)[C@H]1CN1c1cccc([N+](=O)[O-])c1)c1ccnc2ccc(OC)cc12. The lowest BCUT2D eigenvalue weighted by Crippen LogP contribution is -2.55. The van der Waals surface area contributed by atoms with Crippen molar-refractivity contribution < 1.29 is 19.2 Å². The first kappa shape index (κ1) is 24.4. The number of hydrogen-bond donors (Lipinski definition) is 0. The second kappa shape index (κ2) is 9.72. The summed E-state index contributed by atoms with van der Waals surface area (Å²) in [5.74, 6) is 1.34. The number of rotatable bonds is 8. The summed E-state index contributed by atoms with van der Waals surface area (Å²) in [5.41, 5.74) is 2.37. The summed E-state index contributed by atoms with van der Waals surface area (Å²) < 4.78 is 11.9. The molecule has 6 atom stereocenters. The number of fused-ring (bicyclic) bond motifs is 4. The number of benzene rings is 2. The highest BCUT2D eigenvalue weighted by Crippen LogP contribution is 2.44. The highest BCUT2D eigenvalue weighted by atomic mass is 16.6. The minimum absolute atomic E-state index is 0.000555. The highest BCUT2D eigenvalue weighted by Gasteiger charge is 2.48. The van der Waals surface area contributed by atoms with Crippen molar-refractivity contribution in [3.05, 3.63) is 83.1 Å². The fourth-order valence-corrected chi connectivity index (χ4v) is 6.18. The second-order valence-electron chi connectivity index (χ2n) is 10.3. The van der Waals surface area contributed by atoms with E-state index in [0.29, 0.717) is 29.8 Å². The number of carbonyl (C=O) groups excluding carboxylic acids is 1. The molecule has 0 saturated carbocycles. The number of nitro groups is 1. The molecule has 0 aliphatic carbocycles. The van der Waals surface area contributed by atoms with Crippen LogP contribution in [-0.2, 0) is 9.53 Å². The summed E-state index contributed by atoms with van der Waals surface area (Å²) >= 11 is 0. The number of methoxy groups -OCH3 is 1. The van der Waals surface area contributed by atoms with Gasteiger partial charge in [0, 0.05) is 41.5 Å². The maximum atomic E-state index is 13.5. The number of hydrogen-bond acceptors (Lipinski definition) is 8. The molecule has 38 heavy (non-hydrogen) atoms. The van der Waals surface area contributed by atoms with Gasteiger partial charge in [-0.2, -0.15) is 0 Å². The molecule has 2 unspecified atom stereocenters. The number of esters is 1. The molecule has 9 heteroatoms. The Hall–Kier alpha value is -3.98. The lowest BCUT2D eigenvalue weighted by atomic mass is 9.73. The molecule has 4 aliphatic rings. The molecule has 9 nitrogen and oxygen atoms in total. The van der Waals surface area contributed by atoms with Crippen LogP contribution in [0, 0.1) is 22.0 Å². The van der Waals surface area contributed by atoms with Crippen LogP contribution in [0.3, 0.4) is 0 Å². The van der Waals surface area contributed by atoms with Gasteiger partial charge in [-0.1, -0.05) is 12.1 Å². The fraction of sp³-hybridized carbons (Fsp3) is 0.379. The van der Waals surface area contributed by atoms with Gasteiger partial charge >= 0.3 is 5.97 Å². The predicted molar refractivity (Wildman–Crippen MR) is 143 cm³/mol.